The van der Waals surface area contributed by atoms with Gasteiger partial charge in [0.15, 0.2) is 0 Å². The number of hydrogen-bond acceptors (Lipinski definition) is 1. The summed E-state index contributed by atoms with van der Waals surface area (Å²) in [6.07, 6.45) is 0. The van der Waals surface area contributed by atoms with Crippen molar-refractivity contribution >= 4 is 0 Å². The Balaban J connectivity index is -0.0000000750. The van der Waals surface area contributed by atoms with Crippen molar-refractivity contribution in [3.63, 3.8) is 0 Å². The molecule has 0 fully saturated rings. The molecule has 0 aliphatic carbocycles. The molecule has 0 atom stereocenters. The predicted molar refractivity (Wildman–Crippen MR) is 32.1 cm³/mol. The highest BCUT2D eigenvalue weighted by atomic mass is 35.5. The average molecular weight is 142 g/mol. The van der Waals surface area contributed by atoms with Crippen LogP contribution >= 0.6 is 0 Å². The molecule has 2 nitrogen and oxygen atoms in total. The Morgan fingerprint density at radius 2 is 0.875 bits per heavy atom. The van der Waals surface area contributed by atoms with Crippen molar-refractivity contribution in [3.8, 4) is 0 Å². The summed E-state index contributed by atoms with van der Waals surface area (Å²) in [4.78, 5) is 0. The van der Waals surface area contributed by atoms with Crippen LogP contribution in [0.5, 0.6) is 0 Å². The summed E-state index contributed by atoms with van der Waals surface area (Å²) in [6, 6.07) is 0. The van der Waals surface area contributed by atoms with Crippen LogP contribution in [0.3, 0.4) is 0 Å². The molecule has 0 spiro atoms. The molecule has 0 aromatic carbocycles. The summed E-state index contributed by atoms with van der Waals surface area (Å²) >= 11 is 0. The second-order valence-electron chi connectivity index (χ2n) is 2.68. The molecule has 54 valence electrons. The quantitative estimate of drug-likeness (QED) is 0.355. The zero-order chi connectivity index (χ0) is 6.50. The van der Waals surface area contributed by atoms with E-state index in [2.05, 4.69) is 28.2 Å². The molecule has 0 aliphatic rings. The normalized spacial score (nSPS) is 8.25. The van der Waals surface area contributed by atoms with Gasteiger partial charge in [-0.05, 0) is 0 Å². The van der Waals surface area contributed by atoms with E-state index in [9.17, 15) is 0 Å². The van der Waals surface area contributed by atoms with Crippen LogP contribution in [0.25, 0.3) is 0 Å². The Kier molecular flexibility index (Phi) is 14.2. The van der Waals surface area contributed by atoms with Gasteiger partial charge in [-0.25, -0.2) is 0 Å². The molecule has 0 unspecified atom stereocenters. The minimum Gasteiger partial charge on any atom is -1.00 e. The lowest BCUT2D eigenvalue weighted by Crippen LogP contribution is -3.00. The van der Waals surface area contributed by atoms with E-state index in [0.717, 1.165) is 11.6 Å². The first-order chi connectivity index (χ1) is 3.00. The number of quaternary nitrogens is 1. The third-order valence-electron chi connectivity index (χ3n) is 0. The number of rotatable bonds is 0. The van der Waals surface area contributed by atoms with Gasteiger partial charge in [0.05, 0.1) is 28.2 Å². The highest BCUT2D eigenvalue weighted by Gasteiger charge is 1.88. The van der Waals surface area contributed by atoms with Gasteiger partial charge in [0.2, 0.25) is 0 Å². The third-order valence-corrected chi connectivity index (χ3v) is 0. The largest absolute Gasteiger partial charge is 1.00 e. The van der Waals surface area contributed by atoms with Crippen LogP contribution in [0.15, 0.2) is 0 Å². The molecule has 0 radical (unpaired) electrons. The van der Waals surface area contributed by atoms with Crippen LogP contribution in [0, 0.1) is 0 Å². The second-order valence-corrected chi connectivity index (χ2v) is 2.68. The van der Waals surface area contributed by atoms with Gasteiger partial charge in [0, 0.05) is 7.11 Å². The van der Waals surface area contributed by atoms with Gasteiger partial charge >= 0.3 is 0 Å². The van der Waals surface area contributed by atoms with Crippen molar-refractivity contribution in [1.29, 1.82) is 0 Å². The van der Waals surface area contributed by atoms with E-state index in [1.807, 2.05) is 0 Å². The van der Waals surface area contributed by atoms with Gasteiger partial charge in [-0.3, -0.25) is 0 Å². The number of hydrogen-bond donors (Lipinski definition) is 1. The van der Waals surface area contributed by atoms with Gasteiger partial charge in [-0.1, -0.05) is 0 Å². The first kappa shape index (κ1) is 15.7. The zero-order valence-electron chi connectivity index (χ0n) is 6.27. The molecular weight excluding hydrogens is 126 g/mol. The summed E-state index contributed by atoms with van der Waals surface area (Å²) in [7, 11) is 9.50. The fourth-order valence-corrected chi connectivity index (χ4v) is 0. The van der Waals surface area contributed by atoms with Gasteiger partial charge in [0.25, 0.3) is 0 Å². The molecule has 0 amide bonds. The standard InChI is InChI=1S/C4H12N.CH4O.ClH/c1-5(2,3)4;1-2;/h1-4H3;2H,1H3;1H/q+1;;/p-1. The van der Waals surface area contributed by atoms with Crippen molar-refractivity contribution in [2.75, 3.05) is 35.3 Å². The van der Waals surface area contributed by atoms with Gasteiger partial charge < -0.3 is 22.0 Å². The number of halogens is 1. The van der Waals surface area contributed by atoms with Crippen molar-refractivity contribution in [1.82, 2.24) is 0 Å². The summed E-state index contributed by atoms with van der Waals surface area (Å²) in [6.45, 7) is 0. The molecule has 0 rings (SSSR count). The van der Waals surface area contributed by atoms with Crippen LogP contribution in [0.4, 0.5) is 0 Å². The second kappa shape index (κ2) is 7.21. The van der Waals surface area contributed by atoms with Crippen LogP contribution in [0.1, 0.15) is 0 Å². The molecule has 1 N–H and O–H groups in total. The maximum absolute atomic E-state index is 7.00. The molecule has 0 aromatic heterocycles. The maximum Gasteiger partial charge on any atom is 0.0675 e. The van der Waals surface area contributed by atoms with E-state index in [1.54, 1.807) is 0 Å². The smallest absolute Gasteiger partial charge is 0.0675 e. The molecule has 0 saturated carbocycles. The maximum atomic E-state index is 7.00. The summed E-state index contributed by atoms with van der Waals surface area (Å²) in [5.74, 6) is 0. The number of nitrogens with zero attached hydrogens (tertiary/aromatic N) is 1. The Labute approximate surface area is 58.1 Å². The fraction of sp³-hybridized carbons (Fsp3) is 1.00. The number of aliphatic hydroxyl groups excluding tert-OH is 1. The van der Waals surface area contributed by atoms with Crippen LogP contribution in [0.2, 0.25) is 0 Å². The van der Waals surface area contributed by atoms with Crippen LogP contribution < -0.4 is 12.4 Å². The van der Waals surface area contributed by atoms with E-state index >= 15 is 0 Å². The van der Waals surface area contributed by atoms with Gasteiger partial charge in [0.1, 0.15) is 0 Å². The lowest BCUT2D eigenvalue weighted by Gasteiger charge is -2.14. The van der Waals surface area contributed by atoms with E-state index in [1.165, 1.54) is 0 Å². The minimum absolute atomic E-state index is 0. The molecule has 0 aliphatic heterocycles. The van der Waals surface area contributed by atoms with E-state index in [-0.39, 0.29) is 12.4 Å². The SMILES string of the molecule is CO.C[N+](C)(C)C.[Cl-]. The molecule has 0 bridgehead atoms. The third kappa shape index (κ3) is 3820. The highest BCUT2D eigenvalue weighted by molar-refractivity contribution is 3.87. The Morgan fingerprint density at radius 3 is 0.875 bits per heavy atom. The molecule has 0 aromatic rings. The topological polar surface area (TPSA) is 20.2 Å². The Bertz CT molecular complexity index is 27.9. The molecule has 0 heterocycles. The van der Waals surface area contributed by atoms with E-state index in [0.29, 0.717) is 0 Å². The van der Waals surface area contributed by atoms with Crippen molar-refractivity contribution in [2.45, 2.75) is 0 Å². The predicted octanol–water partition coefficient (Wildman–Crippen LogP) is -3.07. The monoisotopic (exact) mass is 141 g/mol. The summed E-state index contributed by atoms with van der Waals surface area (Å²) in [5.41, 5.74) is 0. The van der Waals surface area contributed by atoms with Gasteiger partial charge in [-0.15, -0.1) is 0 Å². The van der Waals surface area contributed by atoms with Crippen LogP contribution in [-0.2, 0) is 0 Å². The van der Waals surface area contributed by atoms with Crippen LogP contribution in [-0.4, -0.2) is 44.9 Å². The zero-order valence-corrected chi connectivity index (χ0v) is 7.03. The average Bonchev–Trinajstić information content (AvgIpc) is 1.36. The van der Waals surface area contributed by atoms with Crippen molar-refractivity contribution in [3.05, 3.63) is 0 Å². The van der Waals surface area contributed by atoms with E-state index in [4.69, 9.17) is 5.11 Å². The first-order valence-electron chi connectivity index (χ1n) is 2.24. The molecule has 3 heteroatoms. The number of aliphatic hydroxyl groups is 1. The summed E-state index contributed by atoms with van der Waals surface area (Å²) in [5, 5.41) is 7.00. The lowest BCUT2D eigenvalue weighted by atomic mass is 10.8. The Hall–Kier alpha value is 0.210. The molecular formula is C5H16ClNO. The van der Waals surface area contributed by atoms with Gasteiger partial charge in [-0.2, -0.15) is 0 Å². The van der Waals surface area contributed by atoms with Crippen molar-refractivity contribution in [2.24, 2.45) is 0 Å². The molecule has 0 saturated heterocycles. The van der Waals surface area contributed by atoms with E-state index < -0.39 is 0 Å². The Morgan fingerprint density at radius 1 is 0.875 bits per heavy atom. The fourth-order valence-electron chi connectivity index (χ4n) is 0. The first-order valence-corrected chi connectivity index (χ1v) is 2.24. The summed E-state index contributed by atoms with van der Waals surface area (Å²) < 4.78 is 1.00. The molecule has 8 heavy (non-hydrogen) atoms. The highest BCUT2D eigenvalue weighted by Crippen LogP contribution is 1.73. The lowest BCUT2D eigenvalue weighted by molar-refractivity contribution is -0.849. The van der Waals surface area contributed by atoms with Crippen molar-refractivity contribution < 1.29 is 22.0 Å². The minimum atomic E-state index is 0.